The Morgan fingerprint density at radius 1 is 1.30 bits per heavy atom. The number of halogens is 3. The molecule has 0 aliphatic rings. The molecule has 0 saturated heterocycles. The van der Waals surface area contributed by atoms with Crippen molar-refractivity contribution >= 4 is 46.4 Å². The van der Waals surface area contributed by atoms with E-state index in [4.69, 9.17) is 34.8 Å². The van der Waals surface area contributed by atoms with Gasteiger partial charge in [-0.15, -0.1) is 0 Å². The summed E-state index contributed by atoms with van der Waals surface area (Å²) in [7, 11) is 0. The summed E-state index contributed by atoms with van der Waals surface area (Å²) in [6, 6.07) is 4.47. The van der Waals surface area contributed by atoms with Gasteiger partial charge in [0.1, 0.15) is 6.54 Å². The zero-order valence-corrected chi connectivity index (χ0v) is 12.0. The van der Waals surface area contributed by atoms with Crippen molar-refractivity contribution in [1.29, 1.82) is 0 Å². The van der Waals surface area contributed by atoms with Crippen LogP contribution < -0.4 is 0 Å². The molecule has 0 amide bonds. The van der Waals surface area contributed by atoms with Gasteiger partial charge in [0.05, 0.1) is 16.3 Å². The average molecular weight is 335 g/mol. The fourth-order valence-corrected chi connectivity index (χ4v) is 2.15. The van der Waals surface area contributed by atoms with Crippen molar-refractivity contribution in [3.8, 4) is 0 Å². The minimum Gasteiger partial charge on any atom is -0.358 e. The lowest BCUT2D eigenvalue weighted by atomic mass is 10.1. The third-order valence-corrected chi connectivity index (χ3v) is 3.24. The summed E-state index contributed by atoms with van der Waals surface area (Å²) in [5.41, 5.74) is 0.216. The third-order valence-electron chi connectivity index (χ3n) is 2.41. The molecule has 2 aromatic rings. The summed E-state index contributed by atoms with van der Waals surface area (Å²) in [6.45, 7) is -0.229. The largest absolute Gasteiger partial charge is 0.408 e. The molecule has 0 spiro atoms. The highest BCUT2D eigenvalue weighted by atomic mass is 35.5. The number of aromatic nitrogens is 2. The molecule has 0 unspecified atom stereocenters. The van der Waals surface area contributed by atoms with Crippen molar-refractivity contribution in [2.75, 3.05) is 0 Å². The van der Waals surface area contributed by atoms with Crippen LogP contribution in [-0.2, 0) is 6.54 Å². The number of hydrogen-bond acceptors (Lipinski definition) is 4. The number of carbonyl (C=O) groups is 1. The molecule has 1 aromatic heterocycles. The molecule has 2 rings (SSSR count). The Balaban J connectivity index is 2.26. The number of Topliss-reactive ketones (excluding diaryl/α,β-unsaturated/α-hetero) is 1. The SMILES string of the molecule is O=C(Cn1cc(Cl)c([N+](=O)[O-])n1)c1cc(Cl)ccc1Cl. The van der Waals surface area contributed by atoms with Gasteiger partial charge in [0.25, 0.3) is 0 Å². The molecule has 0 aliphatic carbocycles. The number of hydrogen-bond donors (Lipinski definition) is 0. The molecular formula is C11H6Cl3N3O3. The van der Waals surface area contributed by atoms with Crippen LogP contribution in [0.25, 0.3) is 0 Å². The first-order chi connectivity index (χ1) is 9.38. The minimum absolute atomic E-state index is 0.139. The highest BCUT2D eigenvalue weighted by molar-refractivity contribution is 6.36. The predicted molar refractivity (Wildman–Crippen MR) is 74.7 cm³/mol. The van der Waals surface area contributed by atoms with Gasteiger partial charge in [0, 0.05) is 10.6 Å². The van der Waals surface area contributed by atoms with Crippen LogP contribution in [0.15, 0.2) is 24.4 Å². The summed E-state index contributed by atoms with van der Waals surface area (Å²) in [4.78, 5) is 21.9. The first-order valence-electron chi connectivity index (χ1n) is 5.24. The Bertz CT molecular complexity index is 699. The van der Waals surface area contributed by atoms with E-state index in [1.54, 1.807) is 6.07 Å². The van der Waals surface area contributed by atoms with Crippen molar-refractivity contribution in [3.63, 3.8) is 0 Å². The van der Waals surface area contributed by atoms with E-state index in [-0.39, 0.29) is 27.9 Å². The second-order valence-electron chi connectivity index (χ2n) is 3.80. The van der Waals surface area contributed by atoms with E-state index in [1.165, 1.54) is 18.3 Å². The van der Waals surface area contributed by atoms with Crippen LogP contribution in [0.2, 0.25) is 15.1 Å². The molecule has 1 heterocycles. The fraction of sp³-hybridized carbons (Fsp3) is 0.0909. The molecule has 9 heteroatoms. The molecule has 1 aromatic carbocycles. The number of nitro groups is 1. The van der Waals surface area contributed by atoms with Gasteiger partial charge in [-0.1, -0.05) is 34.8 Å². The van der Waals surface area contributed by atoms with Gasteiger partial charge in [0.2, 0.25) is 0 Å². The van der Waals surface area contributed by atoms with E-state index < -0.39 is 10.7 Å². The van der Waals surface area contributed by atoms with E-state index in [0.29, 0.717) is 5.02 Å². The van der Waals surface area contributed by atoms with Crippen LogP contribution in [0.5, 0.6) is 0 Å². The van der Waals surface area contributed by atoms with E-state index in [2.05, 4.69) is 5.10 Å². The van der Waals surface area contributed by atoms with Crippen LogP contribution in [-0.4, -0.2) is 20.5 Å². The third kappa shape index (κ3) is 3.09. The number of nitrogens with zero attached hydrogens (tertiary/aromatic N) is 3. The molecule has 0 bridgehead atoms. The number of rotatable bonds is 4. The van der Waals surface area contributed by atoms with Gasteiger partial charge < -0.3 is 10.1 Å². The Hall–Kier alpha value is -1.63. The van der Waals surface area contributed by atoms with Gasteiger partial charge >= 0.3 is 5.82 Å². The smallest absolute Gasteiger partial charge is 0.358 e. The lowest BCUT2D eigenvalue weighted by Gasteiger charge is -2.02. The second kappa shape index (κ2) is 5.78. The summed E-state index contributed by atoms with van der Waals surface area (Å²) in [5, 5.41) is 14.7. The van der Waals surface area contributed by atoms with Crippen LogP contribution in [0.4, 0.5) is 5.82 Å². The van der Waals surface area contributed by atoms with Crippen LogP contribution in [0.1, 0.15) is 10.4 Å². The topological polar surface area (TPSA) is 78.0 Å². The molecule has 20 heavy (non-hydrogen) atoms. The molecule has 0 atom stereocenters. The summed E-state index contributed by atoms with van der Waals surface area (Å²) in [6.07, 6.45) is 1.20. The monoisotopic (exact) mass is 333 g/mol. The molecular weight excluding hydrogens is 328 g/mol. The first kappa shape index (κ1) is 14.8. The second-order valence-corrected chi connectivity index (χ2v) is 5.05. The standard InChI is InChI=1S/C11H6Cl3N3O3/c12-6-1-2-8(13)7(3-6)10(18)5-16-4-9(14)11(15-16)17(19)20/h1-4H,5H2. The first-order valence-corrected chi connectivity index (χ1v) is 6.37. The molecule has 0 aliphatic heterocycles. The zero-order valence-electron chi connectivity index (χ0n) is 9.72. The Kier molecular flexibility index (Phi) is 4.27. The van der Waals surface area contributed by atoms with Crippen molar-refractivity contribution in [2.45, 2.75) is 6.54 Å². The molecule has 104 valence electrons. The quantitative estimate of drug-likeness (QED) is 0.486. The highest BCUT2D eigenvalue weighted by Gasteiger charge is 2.21. The van der Waals surface area contributed by atoms with Gasteiger partial charge in [-0.05, 0) is 23.1 Å². The van der Waals surface area contributed by atoms with E-state index in [1.807, 2.05) is 0 Å². The van der Waals surface area contributed by atoms with Gasteiger partial charge in [-0.25, -0.2) is 0 Å². The Labute approximate surface area is 128 Å². The summed E-state index contributed by atoms with van der Waals surface area (Å²) < 4.78 is 1.08. The average Bonchev–Trinajstić information content (AvgIpc) is 2.73. The van der Waals surface area contributed by atoms with Crippen LogP contribution in [0.3, 0.4) is 0 Å². The Morgan fingerprint density at radius 2 is 2.00 bits per heavy atom. The van der Waals surface area contributed by atoms with E-state index in [9.17, 15) is 14.9 Å². The molecule has 0 saturated carbocycles. The van der Waals surface area contributed by atoms with Gasteiger partial charge in [-0.3, -0.25) is 4.79 Å². The van der Waals surface area contributed by atoms with Crippen LogP contribution in [0, 0.1) is 10.1 Å². The highest BCUT2D eigenvalue weighted by Crippen LogP contribution is 2.24. The minimum atomic E-state index is -0.727. The lowest BCUT2D eigenvalue weighted by Crippen LogP contribution is -2.11. The summed E-state index contributed by atoms with van der Waals surface area (Å²) in [5.74, 6) is -0.886. The molecule has 6 nitrogen and oxygen atoms in total. The van der Waals surface area contributed by atoms with Crippen molar-refractivity contribution in [2.24, 2.45) is 0 Å². The number of carbonyl (C=O) groups excluding carboxylic acids is 1. The number of ketones is 1. The number of benzene rings is 1. The predicted octanol–water partition coefficient (Wildman–Crippen LogP) is 3.63. The normalized spacial score (nSPS) is 10.6. The maximum absolute atomic E-state index is 12.1. The fourth-order valence-electron chi connectivity index (χ4n) is 1.54. The van der Waals surface area contributed by atoms with Crippen molar-refractivity contribution < 1.29 is 9.72 Å². The molecule has 0 fully saturated rings. The maximum atomic E-state index is 12.1. The van der Waals surface area contributed by atoms with Gasteiger partial charge in [-0.2, -0.15) is 4.68 Å². The Morgan fingerprint density at radius 3 is 2.60 bits per heavy atom. The molecule has 0 N–H and O–H groups in total. The van der Waals surface area contributed by atoms with E-state index in [0.717, 1.165) is 4.68 Å². The van der Waals surface area contributed by atoms with Crippen molar-refractivity contribution in [3.05, 3.63) is 55.1 Å². The molecule has 0 radical (unpaired) electrons. The van der Waals surface area contributed by atoms with E-state index >= 15 is 0 Å². The van der Waals surface area contributed by atoms with Crippen molar-refractivity contribution in [1.82, 2.24) is 9.78 Å². The van der Waals surface area contributed by atoms with Gasteiger partial charge in [0.15, 0.2) is 10.8 Å². The zero-order chi connectivity index (χ0) is 14.9. The lowest BCUT2D eigenvalue weighted by molar-refractivity contribution is -0.389. The summed E-state index contributed by atoms with van der Waals surface area (Å²) >= 11 is 17.3. The maximum Gasteiger partial charge on any atom is 0.408 e. The van der Waals surface area contributed by atoms with Crippen LogP contribution >= 0.6 is 34.8 Å².